The number of amides is 5. The zero-order chi connectivity index (χ0) is 47.6. The summed E-state index contributed by atoms with van der Waals surface area (Å²) in [5, 5.41) is 8.09. The standard InChI is InChI=1S/C49H65N9O7S.5H2S/c1-11-41(59)56-22-19-32(26-56)54(8)48(63)55(9)43(29(3)4)45(60)52-37-24-40-51-38(27-66-40)31-17-18-39-34(23-31)35(44(57(39)12-2)33-15-13-20-50-42(33)30(5)64-10)25-49(6,7)28-65-47(62)36-16-14-21-58(53-36)46(37)61;;;;;/h11,13,15,17-18,20,23,27,29-30,32,36-37,43,53H,1,12,14,16,19,21-22,24-26,28H2,2-10H3,(H,52,60);5*1H2/t30-,32-,36-,37-,43-;;;;;/m0...../s1. The largest absolute Gasteiger partial charge is 0.464 e. The Morgan fingerprint density at radius 1 is 1.07 bits per heavy atom. The molecule has 5 amide bonds. The van der Waals surface area contributed by atoms with Crippen molar-refractivity contribution >= 4 is 119 Å². The van der Waals surface area contributed by atoms with Gasteiger partial charge >= 0.3 is 12.0 Å². The molecular weight excluding hydrogens is 1020 g/mol. The van der Waals surface area contributed by atoms with Gasteiger partial charge in [0.25, 0.3) is 5.91 Å². The number of benzene rings is 1. The van der Waals surface area contributed by atoms with Gasteiger partial charge < -0.3 is 34.1 Å². The number of cyclic esters (lactones) is 1. The molecule has 0 saturated carbocycles. The Balaban J connectivity index is 0.00000346. The number of likely N-dealkylation sites (N-methyl/N-ethyl adjacent to an activating group) is 2. The van der Waals surface area contributed by atoms with Crippen molar-refractivity contribution in [2.24, 2.45) is 11.3 Å². The molecule has 0 unspecified atom stereocenters. The number of fused-ring (bicyclic) bond motifs is 6. The molecule has 2 fully saturated rings. The van der Waals surface area contributed by atoms with E-state index in [1.807, 2.05) is 32.2 Å². The van der Waals surface area contributed by atoms with Gasteiger partial charge in [0.05, 0.1) is 40.8 Å². The summed E-state index contributed by atoms with van der Waals surface area (Å²) in [5.74, 6) is -1.91. The summed E-state index contributed by atoms with van der Waals surface area (Å²) in [4.78, 5) is 83.8. The number of urea groups is 1. The third kappa shape index (κ3) is 13.6. The van der Waals surface area contributed by atoms with E-state index in [0.717, 1.165) is 44.7 Å². The van der Waals surface area contributed by atoms with Crippen LogP contribution in [0.15, 0.2) is 54.6 Å². The van der Waals surface area contributed by atoms with Crippen LogP contribution in [0.4, 0.5) is 4.79 Å². The SMILES string of the molecule is C=CC(=O)N1CC[C@H](N(C)C(=O)N(C)[C@H](C(=O)N[C@H]2Cc3nc(cs3)-c3ccc4c(c3)c(c(-c3cccnc3[C@H](C)OC)n4CC)CC(C)(C)COC(=O)[C@@H]3CCCN(N3)C2=O)C(C)C)C1.S.S.S.S.S. The number of ether oxygens (including phenoxy) is 2. The Labute approximate surface area is 457 Å². The fraction of sp³-hybridized carbons (Fsp3) is 0.531. The number of carbonyl (C=O) groups is 5. The maximum Gasteiger partial charge on any atom is 0.324 e. The Hall–Kier alpha value is -3.90. The van der Waals surface area contributed by atoms with Gasteiger partial charge in [-0.25, -0.2) is 15.2 Å². The minimum Gasteiger partial charge on any atom is -0.464 e. The fourth-order valence-electron chi connectivity index (χ4n) is 9.66. The fourth-order valence-corrected chi connectivity index (χ4v) is 10.5. The van der Waals surface area contributed by atoms with E-state index in [9.17, 15) is 24.0 Å². The van der Waals surface area contributed by atoms with Gasteiger partial charge in [-0.05, 0) is 81.4 Å². The lowest BCUT2D eigenvalue weighted by Crippen LogP contribution is -2.62. The lowest BCUT2D eigenvalue weighted by Gasteiger charge is -2.37. The molecule has 7 rings (SSSR count). The highest BCUT2D eigenvalue weighted by Crippen LogP contribution is 2.42. The van der Waals surface area contributed by atoms with Crippen molar-refractivity contribution in [1.29, 1.82) is 0 Å². The van der Waals surface area contributed by atoms with E-state index in [2.05, 4.69) is 66.9 Å². The second kappa shape index (κ2) is 26.9. The topological polar surface area (TPSA) is 172 Å². The van der Waals surface area contributed by atoms with Crippen LogP contribution in [-0.2, 0) is 48.0 Å². The maximum absolute atomic E-state index is 14.6. The van der Waals surface area contributed by atoms with Gasteiger partial charge in [-0.1, -0.05) is 40.3 Å². The number of hydrazine groups is 1. The smallest absolute Gasteiger partial charge is 0.324 e. The summed E-state index contributed by atoms with van der Waals surface area (Å²) in [6.45, 7) is 17.6. The Morgan fingerprint density at radius 3 is 2.45 bits per heavy atom. The van der Waals surface area contributed by atoms with Gasteiger partial charge in [-0.3, -0.25) is 29.2 Å². The second-order valence-corrected chi connectivity index (χ2v) is 19.8. The van der Waals surface area contributed by atoms with E-state index in [1.165, 1.54) is 27.3 Å². The van der Waals surface area contributed by atoms with E-state index in [-0.39, 0.29) is 111 Å². The highest BCUT2D eigenvalue weighted by Gasteiger charge is 2.40. The Bertz CT molecular complexity index is 2500. The van der Waals surface area contributed by atoms with Crippen molar-refractivity contribution in [1.82, 2.24) is 45.0 Å². The molecule has 6 heterocycles. The summed E-state index contributed by atoms with van der Waals surface area (Å²) in [6.07, 6.45) is 5.03. The number of likely N-dealkylation sites (tertiary alicyclic amines) is 1. The summed E-state index contributed by atoms with van der Waals surface area (Å²) >= 11 is 1.40. The van der Waals surface area contributed by atoms with Gasteiger partial charge in [-0.2, -0.15) is 67.5 Å². The van der Waals surface area contributed by atoms with Gasteiger partial charge in [0.1, 0.15) is 18.1 Å². The number of pyridine rings is 1. The summed E-state index contributed by atoms with van der Waals surface area (Å²) in [5.41, 5.74) is 9.24. The summed E-state index contributed by atoms with van der Waals surface area (Å²) < 4.78 is 14.2. The minimum atomic E-state index is -1.09. The van der Waals surface area contributed by atoms with Crippen LogP contribution < -0.4 is 10.7 Å². The van der Waals surface area contributed by atoms with Crippen LogP contribution in [0.2, 0.25) is 0 Å². The first kappa shape index (κ1) is 63.2. The van der Waals surface area contributed by atoms with Crippen molar-refractivity contribution < 1.29 is 33.4 Å². The molecule has 0 aliphatic carbocycles. The van der Waals surface area contributed by atoms with Gasteiger partial charge in [0, 0.05) is 92.8 Å². The predicted molar refractivity (Wildman–Crippen MR) is 306 cm³/mol. The molecule has 0 spiro atoms. The molecule has 0 radical (unpaired) electrons. The lowest BCUT2D eigenvalue weighted by molar-refractivity contribution is -0.155. The Kier molecular flexibility index (Phi) is 23.9. The molecule has 4 aromatic rings. The van der Waals surface area contributed by atoms with Crippen LogP contribution in [0.25, 0.3) is 33.4 Å². The molecule has 6 bridgehead atoms. The van der Waals surface area contributed by atoms with Crippen molar-refractivity contribution in [3.8, 4) is 22.5 Å². The van der Waals surface area contributed by atoms with Crippen LogP contribution in [0.1, 0.15) is 83.2 Å². The molecule has 71 heavy (non-hydrogen) atoms. The monoisotopic (exact) mass is 1090 g/mol. The molecule has 3 aliphatic heterocycles. The van der Waals surface area contributed by atoms with Crippen molar-refractivity contribution in [2.45, 2.75) is 110 Å². The number of hydrogen-bond acceptors (Lipinski definition) is 11. The maximum atomic E-state index is 14.6. The van der Waals surface area contributed by atoms with Crippen molar-refractivity contribution in [3.63, 3.8) is 0 Å². The van der Waals surface area contributed by atoms with E-state index >= 15 is 0 Å². The molecule has 22 heteroatoms. The molecule has 1 aromatic carbocycles. The number of hydrogen-bond donors (Lipinski definition) is 2. The average molecular weight is 1090 g/mol. The normalized spacial score (nSPS) is 19.5. The van der Waals surface area contributed by atoms with E-state index in [1.54, 1.807) is 37.2 Å². The summed E-state index contributed by atoms with van der Waals surface area (Å²) in [6, 6.07) is 6.96. The van der Waals surface area contributed by atoms with Crippen LogP contribution in [-0.4, -0.2) is 136 Å². The number of rotatable bonds is 10. The molecule has 394 valence electrons. The molecule has 16 nitrogen and oxygen atoms in total. The highest BCUT2D eigenvalue weighted by molar-refractivity contribution is 7.60. The lowest BCUT2D eigenvalue weighted by atomic mass is 9.84. The van der Waals surface area contributed by atoms with Crippen LogP contribution in [0.5, 0.6) is 0 Å². The zero-order valence-electron chi connectivity index (χ0n) is 42.3. The van der Waals surface area contributed by atoms with Gasteiger partial charge in [0.2, 0.25) is 11.8 Å². The number of nitrogens with zero attached hydrogens (tertiary/aromatic N) is 7. The van der Waals surface area contributed by atoms with Crippen LogP contribution >= 0.6 is 78.8 Å². The van der Waals surface area contributed by atoms with Gasteiger partial charge in [-0.15, -0.1) is 11.3 Å². The third-order valence-corrected chi connectivity index (χ3v) is 14.1. The first-order valence-electron chi connectivity index (χ1n) is 23.0. The summed E-state index contributed by atoms with van der Waals surface area (Å²) in [7, 11) is 4.95. The molecule has 2 N–H and O–H groups in total. The third-order valence-electron chi connectivity index (χ3n) is 13.3. The second-order valence-electron chi connectivity index (χ2n) is 18.9. The number of thiazole rings is 1. The van der Waals surface area contributed by atoms with Crippen molar-refractivity contribution in [3.05, 3.63) is 70.8 Å². The van der Waals surface area contributed by atoms with Crippen molar-refractivity contribution in [2.75, 3.05) is 47.4 Å². The van der Waals surface area contributed by atoms with E-state index in [4.69, 9.17) is 19.4 Å². The first-order chi connectivity index (χ1) is 31.5. The number of carbonyl (C=O) groups excluding carboxylic acids is 5. The molecule has 3 aromatic heterocycles. The molecular formula is C49H75N9O7S6. The quantitative estimate of drug-likeness (QED) is 0.131. The molecule has 5 atom stereocenters. The number of aryl methyl sites for hydroxylation is 1. The average Bonchev–Trinajstić information content (AvgIpc) is 4.07. The zero-order valence-corrected chi connectivity index (χ0v) is 48.1. The van der Waals surface area contributed by atoms with Crippen LogP contribution in [0.3, 0.4) is 0 Å². The number of esters is 1. The van der Waals surface area contributed by atoms with Gasteiger partial charge in [0.15, 0.2) is 0 Å². The van der Waals surface area contributed by atoms with E-state index < -0.39 is 41.3 Å². The Morgan fingerprint density at radius 2 is 1.79 bits per heavy atom. The number of methoxy groups -OCH3 is 1. The number of nitrogens with one attached hydrogen (secondary N) is 2. The molecule has 2 saturated heterocycles. The minimum absolute atomic E-state index is 0. The first-order valence-corrected chi connectivity index (χ1v) is 23.9. The van der Waals surface area contributed by atoms with Crippen LogP contribution in [0, 0.1) is 11.3 Å². The predicted octanol–water partition coefficient (Wildman–Crippen LogP) is 6.56. The molecule has 3 aliphatic rings. The van der Waals surface area contributed by atoms with E-state index in [0.29, 0.717) is 56.9 Å². The highest BCUT2D eigenvalue weighted by atomic mass is 32.1. The number of aromatic nitrogens is 3.